The van der Waals surface area contributed by atoms with Gasteiger partial charge in [-0.05, 0) is 24.2 Å². The van der Waals surface area contributed by atoms with Crippen molar-refractivity contribution in [2.75, 3.05) is 25.2 Å². The Balaban J connectivity index is 1.90. The van der Waals surface area contributed by atoms with Crippen LogP contribution in [0.15, 0.2) is 28.0 Å². The number of fused-ring (bicyclic) bond motifs is 1. The SMILES string of the molecule is COCCC[S+]([O-])c1sc2nc(-c3nccs3)cc(-c3cnc(C)n3C)c2c1N. The van der Waals surface area contributed by atoms with Crippen LogP contribution in [0.3, 0.4) is 0 Å². The molecule has 0 aromatic carbocycles. The summed E-state index contributed by atoms with van der Waals surface area (Å²) in [4.78, 5) is 14.4. The van der Waals surface area contributed by atoms with Gasteiger partial charge in [-0.1, -0.05) is 11.3 Å². The van der Waals surface area contributed by atoms with E-state index in [0.717, 1.165) is 38.0 Å². The highest BCUT2D eigenvalue weighted by Crippen LogP contribution is 2.43. The second kappa shape index (κ2) is 8.41. The van der Waals surface area contributed by atoms with Crippen molar-refractivity contribution in [2.45, 2.75) is 17.6 Å². The van der Waals surface area contributed by atoms with Crippen LogP contribution in [0.25, 0.3) is 32.2 Å². The summed E-state index contributed by atoms with van der Waals surface area (Å²) >= 11 is 1.73. The summed E-state index contributed by atoms with van der Waals surface area (Å²) in [7, 11) is 3.61. The third-order valence-electron chi connectivity index (χ3n) is 4.70. The average Bonchev–Trinajstić information content (AvgIpc) is 3.43. The maximum atomic E-state index is 12.9. The van der Waals surface area contributed by atoms with Gasteiger partial charge in [-0.15, -0.1) is 11.3 Å². The molecule has 29 heavy (non-hydrogen) atoms. The lowest BCUT2D eigenvalue weighted by Crippen LogP contribution is -2.09. The molecule has 4 aromatic heterocycles. The van der Waals surface area contributed by atoms with Gasteiger partial charge in [0, 0.05) is 43.1 Å². The standard InChI is InChI=1S/C19H21N5O2S3/c1-11-22-10-14(24(11)2)12-9-13(17-21-5-7-27-17)23-18-15(12)16(20)19(28-18)29(25)8-4-6-26-3/h5,7,9-10H,4,6,8,20H2,1-3H3. The first-order valence-corrected chi connectivity index (χ1v) is 12.0. The number of hydrogen-bond acceptors (Lipinski definition) is 8. The largest absolute Gasteiger partial charge is 0.611 e. The third-order valence-corrected chi connectivity index (χ3v) is 8.49. The molecule has 0 aliphatic rings. The van der Waals surface area contributed by atoms with Gasteiger partial charge >= 0.3 is 0 Å². The monoisotopic (exact) mass is 447 g/mol. The van der Waals surface area contributed by atoms with Gasteiger partial charge in [0.05, 0.1) is 18.5 Å². The maximum absolute atomic E-state index is 12.9. The Morgan fingerprint density at radius 3 is 2.83 bits per heavy atom. The third kappa shape index (κ3) is 3.78. The van der Waals surface area contributed by atoms with E-state index in [1.165, 1.54) is 22.7 Å². The van der Waals surface area contributed by atoms with Gasteiger partial charge < -0.3 is 19.6 Å². The first-order valence-electron chi connectivity index (χ1n) is 9.00. The number of hydrogen-bond donors (Lipinski definition) is 1. The molecule has 0 saturated heterocycles. The highest BCUT2D eigenvalue weighted by Gasteiger charge is 2.26. The van der Waals surface area contributed by atoms with Crippen molar-refractivity contribution in [3.63, 3.8) is 0 Å². The molecule has 0 amide bonds. The zero-order valence-corrected chi connectivity index (χ0v) is 18.8. The number of nitrogen functional groups attached to an aromatic ring is 1. The highest BCUT2D eigenvalue weighted by molar-refractivity contribution is 7.93. The highest BCUT2D eigenvalue weighted by atomic mass is 32.2. The Hall–Kier alpha value is -1.98. The molecule has 1 atom stereocenters. The maximum Gasteiger partial charge on any atom is 0.232 e. The molecule has 4 heterocycles. The van der Waals surface area contributed by atoms with E-state index in [1.807, 2.05) is 36.2 Å². The van der Waals surface area contributed by atoms with Crippen LogP contribution in [0.2, 0.25) is 0 Å². The molecule has 0 bridgehead atoms. The summed E-state index contributed by atoms with van der Waals surface area (Å²) in [6.45, 7) is 2.53. The number of aryl methyl sites for hydroxylation is 1. The minimum absolute atomic E-state index is 0.504. The van der Waals surface area contributed by atoms with Gasteiger partial charge in [0.25, 0.3) is 0 Å². The number of anilines is 1. The number of nitrogens with two attached hydrogens (primary N) is 1. The number of thiophene rings is 1. The smallest absolute Gasteiger partial charge is 0.232 e. The Labute approximate surface area is 179 Å². The fourth-order valence-electron chi connectivity index (χ4n) is 3.11. The van der Waals surface area contributed by atoms with Crippen molar-refractivity contribution in [1.82, 2.24) is 19.5 Å². The molecule has 10 heteroatoms. The Kier molecular flexibility index (Phi) is 5.88. The van der Waals surface area contributed by atoms with Gasteiger partial charge in [0.15, 0.2) is 0 Å². The van der Waals surface area contributed by atoms with Crippen LogP contribution in [0.5, 0.6) is 0 Å². The summed E-state index contributed by atoms with van der Waals surface area (Å²) in [5, 5.41) is 3.59. The van der Waals surface area contributed by atoms with Gasteiger partial charge in [0.2, 0.25) is 4.21 Å². The molecule has 1 unspecified atom stereocenters. The summed E-state index contributed by atoms with van der Waals surface area (Å²) in [5.74, 6) is 1.41. The molecule has 2 N–H and O–H groups in total. The van der Waals surface area contributed by atoms with E-state index in [2.05, 4.69) is 9.97 Å². The van der Waals surface area contributed by atoms with Crippen molar-refractivity contribution < 1.29 is 9.29 Å². The average molecular weight is 448 g/mol. The van der Waals surface area contributed by atoms with Crippen molar-refractivity contribution in [1.29, 1.82) is 0 Å². The van der Waals surface area contributed by atoms with E-state index < -0.39 is 11.2 Å². The van der Waals surface area contributed by atoms with Crippen LogP contribution >= 0.6 is 22.7 Å². The van der Waals surface area contributed by atoms with Gasteiger partial charge in [-0.3, -0.25) is 0 Å². The predicted octanol–water partition coefficient (Wildman–Crippen LogP) is 3.86. The van der Waals surface area contributed by atoms with Gasteiger partial charge in [0.1, 0.15) is 32.8 Å². The molecule has 0 spiro atoms. The number of nitrogens with zero attached hydrogens (tertiary/aromatic N) is 4. The first kappa shape index (κ1) is 20.3. The van der Waals surface area contributed by atoms with Crippen LogP contribution in [0.4, 0.5) is 5.69 Å². The number of thiazole rings is 1. The number of rotatable bonds is 7. The van der Waals surface area contributed by atoms with E-state index in [1.54, 1.807) is 13.3 Å². The molecule has 4 rings (SSSR count). The van der Waals surface area contributed by atoms with Crippen LogP contribution < -0.4 is 5.73 Å². The van der Waals surface area contributed by atoms with E-state index in [4.69, 9.17) is 15.5 Å². The lowest BCUT2D eigenvalue weighted by atomic mass is 10.1. The molecule has 7 nitrogen and oxygen atoms in total. The molecular formula is C19H21N5O2S3. The summed E-state index contributed by atoms with van der Waals surface area (Å²) < 4.78 is 20.6. The molecular weight excluding hydrogens is 426 g/mol. The summed E-state index contributed by atoms with van der Waals surface area (Å²) in [5.41, 5.74) is 9.69. The van der Waals surface area contributed by atoms with E-state index in [-0.39, 0.29) is 0 Å². The topological polar surface area (TPSA) is 102 Å². The van der Waals surface area contributed by atoms with Crippen molar-refractivity contribution in [2.24, 2.45) is 7.05 Å². The summed E-state index contributed by atoms with van der Waals surface area (Å²) in [6.07, 6.45) is 4.31. The van der Waals surface area contributed by atoms with E-state index in [9.17, 15) is 4.55 Å². The van der Waals surface area contributed by atoms with Crippen molar-refractivity contribution in [3.05, 3.63) is 29.7 Å². The molecule has 152 valence electrons. The minimum Gasteiger partial charge on any atom is -0.611 e. The Morgan fingerprint density at radius 1 is 1.34 bits per heavy atom. The number of pyridine rings is 1. The molecule has 0 aliphatic carbocycles. The number of aromatic nitrogens is 4. The molecule has 0 aliphatic heterocycles. The first-order chi connectivity index (χ1) is 14.0. The van der Waals surface area contributed by atoms with Crippen LogP contribution in [0.1, 0.15) is 12.2 Å². The van der Waals surface area contributed by atoms with Gasteiger partial charge in [-0.25, -0.2) is 15.0 Å². The zero-order chi connectivity index (χ0) is 20.5. The number of methoxy groups -OCH3 is 1. The van der Waals surface area contributed by atoms with Crippen molar-refractivity contribution in [3.8, 4) is 22.0 Å². The second-order valence-electron chi connectivity index (χ2n) is 6.52. The quantitative estimate of drug-likeness (QED) is 0.341. The van der Waals surface area contributed by atoms with Crippen molar-refractivity contribution >= 4 is 49.8 Å². The Bertz CT molecular complexity index is 1140. The molecule has 0 fully saturated rings. The van der Waals surface area contributed by atoms with E-state index >= 15 is 0 Å². The normalized spacial score (nSPS) is 12.7. The molecule has 0 radical (unpaired) electrons. The van der Waals surface area contributed by atoms with Crippen LogP contribution in [0, 0.1) is 6.92 Å². The van der Waals surface area contributed by atoms with Gasteiger partial charge in [-0.2, -0.15) is 0 Å². The molecule has 0 saturated carbocycles. The molecule has 4 aromatic rings. The number of imidazole rings is 1. The fourth-order valence-corrected chi connectivity index (χ4v) is 6.33. The lowest BCUT2D eigenvalue weighted by Gasteiger charge is -2.10. The minimum atomic E-state index is -1.20. The zero-order valence-electron chi connectivity index (χ0n) is 16.3. The fraction of sp³-hybridized carbons (Fsp3) is 0.316. The van der Waals surface area contributed by atoms with Crippen LogP contribution in [-0.4, -0.2) is 43.5 Å². The number of ether oxygens (including phenoxy) is 1. The van der Waals surface area contributed by atoms with E-state index in [0.29, 0.717) is 28.7 Å². The Morgan fingerprint density at radius 2 is 2.17 bits per heavy atom. The van der Waals surface area contributed by atoms with Crippen LogP contribution in [-0.2, 0) is 23.0 Å². The lowest BCUT2D eigenvalue weighted by molar-refractivity contribution is 0.199. The second-order valence-corrected chi connectivity index (χ2v) is 10.2. The summed E-state index contributed by atoms with van der Waals surface area (Å²) in [6, 6.07) is 2.00. The predicted molar refractivity (Wildman–Crippen MR) is 120 cm³/mol.